The summed E-state index contributed by atoms with van der Waals surface area (Å²) in [5.74, 6) is 1.21. The van der Waals surface area contributed by atoms with Crippen molar-refractivity contribution in [3.8, 4) is 0 Å². The van der Waals surface area contributed by atoms with Gasteiger partial charge >= 0.3 is 0 Å². The van der Waals surface area contributed by atoms with Gasteiger partial charge in [-0.25, -0.2) is 0 Å². The van der Waals surface area contributed by atoms with Gasteiger partial charge in [-0.3, -0.25) is 4.79 Å². The highest BCUT2D eigenvalue weighted by molar-refractivity contribution is 9.25. The fraction of sp³-hybridized carbons (Fsp3) is 0.875. The second-order valence-corrected chi connectivity index (χ2v) is 7.06. The van der Waals surface area contributed by atoms with E-state index in [1.165, 1.54) is 0 Å². The lowest BCUT2D eigenvalue weighted by molar-refractivity contribution is -0.122. The minimum atomic E-state index is -0.438. The van der Waals surface area contributed by atoms with Crippen LogP contribution < -0.4 is 0 Å². The molecule has 0 heterocycles. The number of hydrogen-bond donors (Lipinski definition) is 0. The Morgan fingerprint density at radius 2 is 2.00 bits per heavy atom. The normalized spacial score (nSPS) is 37.3. The molecule has 1 nitrogen and oxygen atoms in total. The largest absolute Gasteiger partial charge is 0.297 e. The van der Waals surface area contributed by atoms with Crippen LogP contribution in [0.25, 0.3) is 0 Å². The zero-order valence-electron chi connectivity index (χ0n) is 6.73. The van der Waals surface area contributed by atoms with E-state index >= 15 is 0 Å². The van der Waals surface area contributed by atoms with E-state index in [-0.39, 0.29) is 5.78 Å². The Morgan fingerprint density at radius 1 is 1.45 bits per heavy atom. The summed E-state index contributed by atoms with van der Waals surface area (Å²) in [6, 6.07) is 0. The van der Waals surface area contributed by atoms with Crippen LogP contribution in [0.15, 0.2) is 0 Å². The van der Waals surface area contributed by atoms with Crippen LogP contribution in [-0.2, 0) is 4.79 Å². The summed E-state index contributed by atoms with van der Waals surface area (Å²) < 4.78 is -0.438. The van der Waals surface area contributed by atoms with Crippen LogP contribution in [0, 0.1) is 11.8 Å². The molecule has 1 fully saturated rings. The standard InChI is InChI=1S/C8H12Br2O/c1-5-3-6(2)8(9,10)7(11)4-5/h5-6H,3-4H2,1-2H3. The minimum absolute atomic E-state index is 0.281. The quantitative estimate of drug-likeness (QED) is 0.625. The van der Waals surface area contributed by atoms with Gasteiger partial charge in [-0.15, -0.1) is 0 Å². The number of rotatable bonds is 0. The highest BCUT2D eigenvalue weighted by Gasteiger charge is 2.42. The Morgan fingerprint density at radius 3 is 2.45 bits per heavy atom. The van der Waals surface area contributed by atoms with Crippen LogP contribution in [0.3, 0.4) is 0 Å². The summed E-state index contributed by atoms with van der Waals surface area (Å²) in [4.78, 5) is 11.4. The summed E-state index contributed by atoms with van der Waals surface area (Å²) in [5.41, 5.74) is 0. The number of hydrogen-bond acceptors (Lipinski definition) is 1. The van der Waals surface area contributed by atoms with E-state index in [1.54, 1.807) is 0 Å². The van der Waals surface area contributed by atoms with Crippen LogP contribution in [0.2, 0.25) is 0 Å². The van der Waals surface area contributed by atoms with E-state index in [0.717, 1.165) is 6.42 Å². The number of halogens is 2. The fourth-order valence-electron chi connectivity index (χ4n) is 1.56. The molecule has 0 aromatic rings. The predicted octanol–water partition coefficient (Wildman–Crippen LogP) is 3.11. The SMILES string of the molecule is CC1CC(=O)C(Br)(Br)C(C)C1. The molecule has 3 heteroatoms. The smallest absolute Gasteiger partial charge is 0.160 e. The lowest BCUT2D eigenvalue weighted by atomic mass is 9.82. The number of carbonyl (C=O) groups excluding carboxylic acids is 1. The molecular weight excluding hydrogens is 272 g/mol. The molecule has 0 N–H and O–H groups in total. The van der Waals surface area contributed by atoms with Crippen molar-refractivity contribution in [3.05, 3.63) is 0 Å². The van der Waals surface area contributed by atoms with Gasteiger partial charge in [0.05, 0.1) is 0 Å². The number of carbonyl (C=O) groups is 1. The molecule has 1 aliphatic carbocycles. The molecule has 0 aromatic heterocycles. The van der Waals surface area contributed by atoms with Crippen molar-refractivity contribution in [1.29, 1.82) is 0 Å². The van der Waals surface area contributed by atoms with Gasteiger partial charge < -0.3 is 0 Å². The first-order valence-corrected chi connectivity index (χ1v) is 5.44. The summed E-state index contributed by atoms with van der Waals surface area (Å²) in [6.07, 6.45) is 1.81. The maximum Gasteiger partial charge on any atom is 0.160 e. The zero-order valence-corrected chi connectivity index (χ0v) is 9.91. The van der Waals surface area contributed by atoms with Crippen molar-refractivity contribution in [2.75, 3.05) is 0 Å². The van der Waals surface area contributed by atoms with Gasteiger partial charge in [0.2, 0.25) is 0 Å². The Kier molecular flexibility index (Phi) is 2.80. The van der Waals surface area contributed by atoms with E-state index in [1.807, 2.05) is 0 Å². The first kappa shape index (κ1) is 9.72. The fourth-order valence-corrected chi connectivity index (χ4v) is 2.26. The van der Waals surface area contributed by atoms with Gasteiger partial charge in [0.25, 0.3) is 0 Å². The van der Waals surface area contributed by atoms with Crippen LogP contribution >= 0.6 is 31.9 Å². The summed E-state index contributed by atoms with van der Waals surface area (Å²) >= 11 is 6.84. The molecule has 0 aromatic carbocycles. The Bertz CT molecular complexity index is 177. The highest BCUT2D eigenvalue weighted by atomic mass is 79.9. The van der Waals surface area contributed by atoms with E-state index in [0.29, 0.717) is 18.3 Å². The van der Waals surface area contributed by atoms with Crippen molar-refractivity contribution in [3.63, 3.8) is 0 Å². The summed E-state index contributed by atoms with van der Waals surface area (Å²) in [5, 5.41) is 0. The average molecular weight is 284 g/mol. The Balaban J connectivity index is 2.76. The van der Waals surface area contributed by atoms with Crippen LogP contribution in [-0.4, -0.2) is 9.02 Å². The Labute approximate surface area is 84.2 Å². The Hall–Kier alpha value is 0.630. The molecule has 0 radical (unpaired) electrons. The first-order chi connectivity index (χ1) is 4.94. The predicted molar refractivity (Wildman–Crippen MR) is 53.2 cm³/mol. The van der Waals surface area contributed by atoms with Gasteiger partial charge in [-0.1, -0.05) is 45.7 Å². The van der Waals surface area contributed by atoms with Crippen molar-refractivity contribution >= 4 is 37.6 Å². The number of ketones is 1. The molecule has 64 valence electrons. The molecule has 0 aliphatic heterocycles. The molecule has 1 aliphatic rings. The second kappa shape index (κ2) is 3.17. The third kappa shape index (κ3) is 1.86. The maximum atomic E-state index is 11.4. The van der Waals surface area contributed by atoms with Gasteiger partial charge in [-0.2, -0.15) is 0 Å². The van der Waals surface area contributed by atoms with Crippen LogP contribution in [0.1, 0.15) is 26.7 Å². The molecule has 0 bridgehead atoms. The van der Waals surface area contributed by atoms with E-state index in [2.05, 4.69) is 45.7 Å². The second-order valence-electron chi connectivity index (χ2n) is 3.49. The average Bonchev–Trinajstić information content (AvgIpc) is 1.84. The van der Waals surface area contributed by atoms with Gasteiger partial charge in [0.15, 0.2) is 5.78 Å². The molecule has 11 heavy (non-hydrogen) atoms. The van der Waals surface area contributed by atoms with E-state index in [4.69, 9.17) is 0 Å². The van der Waals surface area contributed by atoms with E-state index < -0.39 is 3.23 Å². The molecule has 0 spiro atoms. The van der Waals surface area contributed by atoms with Crippen LogP contribution in [0.5, 0.6) is 0 Å². The minimum Gasteiger partial charge on any atom is -0.297 e. The van der Waals surface area contributed by atoms with Gasteiger partial charge in [0, 0.05) is 6.42 Å². The molecule has 2 unspecified atom stereocenters. The van der Waals surface area contributed by atoms with E-state index in [9.17, 15) is 4.79 Å². The van der Waals surface area contributed by atoms with Gasteiger partial charge in [-0.05, 0) is 18.3 Å². The molecule has 0 saturated heterocycles. The first-order valence-electron chi connectivity index (χ1n) is 3.85. The van der Waals surface area contributed by atoms with Crippen molar-refractivity contribution in [1.82, 2.24) is 0 Å². The third-order valence-corrected chi connectivity index (χ3v) is 4.73. The third-order valence-electron chi connectivity index (χ3n) is 2.28. The number of Topliss-reactive ketones (excluding diaryl/α,β-unsaturated/α-hetero) is 1. The molecule has 2 atom stereocenters. The van der Waals surface area contributed by atoms with Crippen LogP contribution in [0.4, 0.5) is 0 Å². The molecule has 1 saturated carbocycles. The van der Waals surface area contributed by atoms with Crippen molar-refractivity contribution in [2.24, 2.45) is 11.8 Å². The molecule has 1 rings (SSSR count). The maximum absolute atomic E-state index is 11.4. The van der Waals surface area contributed by atoms with Crippen molar-refractivity contribution < 1.29 is 4.79 Å². The summed E-state index contributed by atoms with van der Waals surface area (Å²) in [7, 11) is 0. The summed E-state index contributed by atoms with van der Waals surface area (Å²) in [6.45, 7) is 4.22. The lowest BCUT2D eigenvalue weighted by Gasteiger charge is -2.34. The molecular formula is C8H12Br2O. The monoisotopic (exact) mass is 282 g/mol. The van der Waals surface area contributed by atoms with Gasteiger partial charge in [0.1, 0.15) is 3.23 Å². The highest BCUT2D eigenvalue weighted by Crippen LogP contribution is 2.44. The lowest BCUT2D eigenvalue weighted by Crippen LogP contribution is -2.38. The number of alkyl halides is 2. The molecule has 0 amide bonds. The van der Waals surface area contributed by atoms with Crippen molar-refractivity contribution in [2.45, 2.75) is 29.9 Å². The topological polar surface area (TPSA) is 17.1 Å². The zero-order chi connectivity index (χ0) is 8.65.